The van der Waals surface area contributed by atoms with Crippen LogP contribution >= 0.6 is 22.9 Å². The Balaban J connectivity index is 2.61. The van der Waals surface area contributed by atoms with Gasteiger partial charge in [0, 0.05) is 54.1 Å². The van der Waals surface area contributed by atoms with Gasteiger partial charge in [-0.2, -0.15) is 0 Å². The van der Waals surface area contributed by atoms with Crippen LogP contribution in [0.25, 0.3) is 0 Å². The van der Waals surface area contributed by atoms with Gasteiger partial charge in [0.15, 0.2) is 0 Å². The lowest BCUT2D eigenvalue weighted by atomic mass is 10.1. The molecular formula is C10H16FIN2O. The quantitative estimate of drug-likeness (QED) is 0.439. The number of nitrogens with zero attached hydrogens (tertiary/aromatic N) is 2. The Morgan fingerprint density at radius 3 is 2.73 bits per heavy atom. The monoisotopic (exact) mass is 326 g/mol. The fourth-order valence-corrected chi connectivity index (χ4v) is 2.38. The molecule has 5 heteroatoms. The van der Waals surface area contributed by atoms with Crippen LogP contribution in [0.5, 0.6) is 0 Å². The highest BCUT2D eigenvalue weighted by atomic mass is 127. The van der Waals surface area contributed by atoms with E-state index in [0.717, 1.165) is 6.54 Å². The van der Waals surface area contributed by atoms with Crippen LogP contribution in [0.15, 0.2) is 12.2 Å². The minimum atomic E-state index is -0.581. The van der Waals surface area contributed by atoms with Gasteiger partial charge < -0.3 is 4.90 Å². The molecule has 1 saturated heterocycles. The average Bonchev–Trinajstić information content (AvgIpc) is 2.20. The third-order valence-corrected chi connectivity index (χ3v) is 3.89. The predicted molar refractivity (Wildman–Crippen MR) is 66.5 cm³/mol. The van der Waals surface area contributed by atoms with Crippen molar-refractivity contribution < 1.29 is 9.18 Å². The van der Waals surface area contributed by atoms with Crippen molar-refractivity contribution in [1.82, 2.24) is 8.01 Å². The molecule has 0 aromatic heterocycles. The molecule has 0 saturated carbocycles. The highest BCUT2D eigenvalue weighted by Crippen LogP contribution is 2.18. The predicted octanol–water partition coefficient (Wildman–Crippen LogP) is 1.78. The summed E-state index contributed by atoms with van der Waals surface area (Å²) < 4.78 is 14.1. The summed E-state index contributed by atoms with van der Waals surface area (Å²) in [6, 6.07) is 0.541. The molecule has 1 fully saturated rings. The summed E-state index contributed by atoms with van der Waals surface area (Å²) in [5.41, 5.74) is 0. The lowest BCUT2D eigenvalue weighted by Crippen LogP contribution is -2.54. The zero-order valence-corrected chi connectivity index (χ0v) is 11.1. The number of carbonyl (C=O) groups is 1. The van der Waals surface area contributed by atoms with Crippen molar-refractivity contribution in [1.29, 1.82) is 0 Å². The Bertz CT molecular complexity index is 260. The molecule has 0 aliphatic carbocycles. The number of carbonyl (C=O) groups excluding carboxylic acids is 1. The average molecular weight is 326 g/mol. The van der Waals surface area contributed by atoms with Crippen LogP contribution in [0.4, 0.5) is 4.39 Å². The molecule has 1 heterocycles. The van der Waals surface area contributed by atoms with E-state index in [4.69, 9.17) is 0 Å². The van der Waals surface area contributed by atoms with E-state index in [0.29, 0.717) is 12.6 Å². The van der Waals surface area contributed by atoms with E-state index in [2.05, 4.69) is 32.9 Å². The van der Waals surface area contributed by atoms with E-state index in [-0.39, 0.29) is 11.9 Å². The third-order valence-electron chi connectivity index (χ3n) is 2.54. The molecule has 2 unspecified atom stereocenters. The number of allylic oxidation sites excluding steroid dienone is 1. The van der Waals surface area contributed by atoms with Crippen LogP contribution in [0.2, 0.25) is 0 Å². The van der Waals surface area contributed by atoms with Crippen molar-refractivity contribution in [3.05, 3.63) is 12.2 Å². The number of hydrogen-bond donors (Lipinski definition) is 0. The smallest absolute Gasteiger partial charge is 0.246 e. The van der Waals surface area contributed by atoms with Gasteiger partial charge in [-0.05, 0) is 19.9 Å². The van der Waals surface area contributed by atoms with Crippen LogP contribution in [-0.4, -0.2) is 45.8 Å². The molecular weight excluding hydrogens is 310 g/mol. The summed E-state index contributed by atoms with van der Waals surface area (Å²) in [6.07, 6.45) is 2.59. The Morgan fingerprint density at radius 2 is 2.13 bits per heavy atom. The maximum Gasteiger partial charge on any atom is 0.246 e. The molecule has 0 aromatic carbocycles. The Morgan fingerprint density at radius 1 is 1.47 bits per heavy atom. The van der Waals surface area contributed by atoms with E-state index < -0.39 is 6.67 Å². The first kappa shape index (κ1) is 12.9. The van der Waals surface area contributed by atoms with Crippen molar-refractivity contribution in [2.24, 2.45) is 0 Å². The summed E-state index contributed by atoms with van der Waals surface area (Å²) in [4.78, 5) is 13.5. The highest BCUT2D eigenvalue weighted by Gasteiger charge is 2.29. The number of alkyl halides is 1. The lowest BCUT2D eigenvalue weighted by molar-refractivity contribution is -0.130. The summed E-state index contributed by atoms with van der Waals surface area (Å²) in [5.74, 6) is -0.0866. The Hall–Kier alpha value is -0.170. The summed E-state index contributed by atoms with van der Waals surface area (Å²) in [7, 11) is 0. The fraction of sp³-hybridized carbons (Fsp3) is 0.700. The van der Waals surface area contributed by atoms with Gasteiger partial charge in [-0.1, -0.05) is 0 Å². The molecule has 0 bridgehead atoms. The van der Waals surface area contributed by atoms with Crippen LogP contribution in [0.1, 0.15) is 13.8 Å². The third kappa shape index (κ3) is 3.41. The van der Waals surface area contributed by atoms with Crippen molar-refractivity contribution >= 4 is 28.8 Å². The minimum absolute atomic E-state index is 0.0866. The first-order chi connectivity index (χ1) is 7.06. The highest BCUT2D eigenvalue weighted by molar-refractivity contribution is 14.1. The topological polar surface area (TPSA) is 23.6 Å². The van der Waals surface area contributed by atoms with Crippen molar-refractivity contribution in [2.45, 2.75) is 25.9 Å². The van der Waals surface area contributed by atoms with Crippen molar-refractivity contribution in [3.63, 3.8) is 0 Å². The molecule has 86 valence electrons. The zero-order valence-electron chi connectivity index (χ0n) is 8.99. The van der Waals surface area contributed by atoms with Gasteiger partial charge in [0.25, 0.3) is 0 Å². The molecule has 1 aliphatic heterocycles. The molecule has 15 heavy (non-hydrogen) atoms. The number of hydrogen-bond acceptors (Lipinski definition) is 2. The van der Waals surface area contributed by atoms with Crippen molar-refractivity contribution in [3.8, 4) is 0 Å². The van der Waals surface area contributed by atoms with E-state index in [1.165, 1.54) is 12.2 Å². The van der Waals surface area contributed by atoms with Gasteiger partial charge >= 0.3 is 0 Å². The van der Waals surface area contributed by atoms with Crippen LogP contribution < -0.4 is 0 Å². The van der Waals surface area contributed by atoms with Gasteiger partial charge in [-0.15, -0.1) is 0 Å². The molecule has 1 rings (SSSR count). The number of piperazine rings is 1. The second kappa shape index (κ2) is 5.79. The van der Waals surface area contributed by atoms with E-state index in [1.807, 2.05) is 6.92 Å². The summed E-state index contributed by atoms with van der Waals surface area (Å²) >= 11 is 2.28. The lowest BCUT2D eigenvalue weighted by Gasteiger charge is -2.40. The number of amides is 1. The van der Waals surface area contributed by atoms with Gasteiger partial charge in [0.05, 0.1) is 0 Å². The number of halogens is 2. The van der Waals surface area contributed by atoms with Crippen LogP contribution in [-0.2, 0) is 4.79 Å². The maximum atomic E-state index is 11.9. The van der Waals surface area contributed by atoms with E-state index in [1.54, 1.807) is 4.90 Å². The normalized spacial score (nSPS) is 28.7. The minimum Gasteiger partial charge on any atom is -0.334 e. The molecule has 0 N–H and O–H groups in total. The van der Waals surface area contributed by atoms with E-state index in [9.17, 15) is 9.18 Å². The van der Waals surface area contributed by atoms with Gasteiger partial charge in [-0.25, -0.2) is 7.50 Å². The second-order valence-corrected chi connectivity index (χ2v) is 5.07. The standard InChI is InChI=1S/C10H16FIN2O/c1-8-7-14(12)9(2)6-13(8)10(15)4-3-5-11/h3-4,8-9H,5-7H2,1-2H3/b4-3+. The second-order valence-electron chi connectivity index (χ2n) is 3.83. The SMILES string of the molecule is CC1CN(C(=O)/C=C/CF)C(C)CN1I. The van der Waals surface area contributed by atoms with Gasteiger partial charge in [-0.3, -0.25) is 4.79 Å². The number of rotatable bonds is 2. The molecule has 3 nitrogen and oxygen atoms in total. The summed E-state index contributed by atoms with van der Waals surface area (Å²) in [5, 5.41) is 0. The Kier molecular flexibility index (Phi) is 4.98. The maximum absolute atomic E-state index is 11.9. The van der Waals surface area contributed by atoms with Gasteiger partial charge in [0.2, 0.25) is 5.91 Å². The van der Waals surface area contributed by atoms with Crippen LogP contribution in [0, 0.1) is 0 Å². The molecule has 1 amide bonds. The molecule has 0 radical (unpaired) electrons. The molecule has 0 spiro atoms. The zero-order chi connectivity index (χ0) is 11.4. The molecule has 0 aromatic rings. The van der Waals surface area contributed by atoms with Gasteiger partial charge in [0.1, 0.15) is 6.67 Å². The Labute approximate surface area is 104 Å². The fourth-order valence-electron chi connectivity index (χ4n) is 1.63. The first-order valence-electron chi connectivity index (χ1n) is 5.01. The molecule has 1 aliphatic rings. The van der Waals surface area contributed by atoms with Crippen molar-refractivity contribution in [2.75, 3.05) is 19.8 Å². The van der Waals surface area contributed by atoms with E-state index >= 15 is 0 Å². The first-order valence-corrected chi connectivity index (χ1v) is 5.98. The summed E-state index contributed by atoms with van der Waals surface area (Å²) in [6.45, 7) is 5.08. The molecule has 2 atom stereocenters. The largest absolute Gasteiger partial charge is 0.334 e. The van der Waals surface area contributed by atoms with Crippen LogP contribution in [0.3, 0.4) is 0 Å².